The molecule has 1 aromatic heterocycles. The average Bonchev–Trinajstić information content (AvgIpc) is 2.92. The van der Waals surface area contributed by atoms with E-state index < -0.39 is 6.03 Å². The number of anilines is 1. The number of nitrogens with zero attached hydrogens (tertiary/aromatic N) is 2. The minimum absolute atomic E-state index is 0.0835. The SMILES string of the molecule is CCCc1nc2ccc(NC(=O)NCCC(=O)OCC)cc2c(=O)n1Cc1ccc(-c2ccccc2)cc1. The Bertz CT molecular complexity index is 1460. The number of carbonyl (C=O) groups is 2. The Hall–Kier alpha value is -4.46. The van der Waals surface area contributed by atoms with E-state index in [2.05, 4.69) is 41.8 Å². The highest BCUT2D eigenvalue weighted by atomic mass is 16.5. The number of ether oxygens (including phenoxy) is 1. The van der Waals surface area contributed by atoms with Crippen LogP contribution in [0.25, 0.3) is 22.0 Å². The molecule has 0 saturated heterocycles. The van der Waals surface area contributed by atoms with Gasteiger partial charge in [-0.3, -0.25) is 14.2 Å². The molecule has 0 atom stereocenters. The van der Waals surface area contributed by atoms with E-state index in [1.54, 1.807) is 29.7 Å². The van der Waals surface area contributed by atoms with Crippen molar-refractivity contribution < 1.29 is 14.3 Å². The first-order chi connectivity index (χ1) is 18.5. The number of benzene rings is 3. The van der Waals surface area contributed by atoms with Crippen molar-refractivity contribution in [2.24, 2.45) is 0 Å². The quantitative estimate of drug-likeness (QED) is 0.287. The topological polar surface area (TPSA) is 102 Å². The molecular formula is C30H32N4O4. The molecule has 196 valence electrons. The molecule has 38 heavy (non-hydrogen) atoms. The monoisotopic (exact) mass is 512 g/mol. The average molecular weight is 513 g/mol. The number of hydrogen-bond donors (Lipinski definition) is 2. The van der Waals surface area contributed by atoms with E-state index in [0.29, 0.717) is 36.2 Å². The molecule has 0 aliphatic rings. The minimum atomic E-state index is -0.469. The molecule has 0 unspecified atom stereocenters. The van der Waals surface area contributed by atoms with E-state index in [0.717, 1.165) is 28.9 Å². The van der Waals surface area contributed by atoms with Crippen LogP contribution in [0.3, 0.4) is 0 Å². The van der Waals surface area contributed by atoms with Gasteiger partial charge in [-0.1, -0.05) is 61.5 Å². The van der Waals surface area contributed by atoms with Crippen LogP contribution in [-0.4, -0.2) is 34.7 Å². The second kappa shape index (κ2) is 12.7. The first kappa shape index (κ1) is 26.6. The maximum Gasteiger partial charge on any atom is 0.319 e. The van der Waals surface area contributed by atoms with Gasteiger partial charge in [-0.2, -0.15) is 0 Å². The lowest BCUT2D eigenvalue weighted by Crippen LogP contribution is -2.31. The van der Waals surface area contributed by atoms with Crippen LogP contribution in [0.1, 0.15) is 38.1 Å². The number of aryl methyl sites for hydroxylation is 1. The van der Waals surface area contributed by atoms with E-state index >= 15 is 0 Å². The number of carbonyl (C=O) groups excluding carboxylic acids is 2. The second-order valence-electron chi connectivity index (χ2n) is 8.90. The van der Waals surface area contributed by atoms with Crippen LogP contribution < -0.4 is 16.2 Å². The number of esters is 1. The Kier molecular flexibility index (Phi) is 8.87. The number of urea groups is 1. The molecule has 0 aliphatic carbocycles. The maximum atomic E-state index is 13.6. The summed E-state index contributed by atoms with van der Waals surface area (Å²) in [4.78, 5) is 42.1. The summed E-state index contributed by atoms with van der Waals surface area (Å²) in [5, 5.41) is 5.77. The van der Waals surface area contributed by atoms with Crippen LogP contribution in [0.4, 0.5) is 10.5 Å². The third-order valence-electron chi connectivity index (χ3n) is 6.09. The molecule has 2 amide bonds. The van der Waals surface area contributed by atoms with Crippen LogP contribution >= 0.6 is 0 Å². The van der Waals surface area contributed by atoms with Gasteiger partial charge in [-0.25, -0.2) is 9.78 Å². The van der Waals surface area contributed by atoms with E-state index in [1.165, 1.54) is 0 Å². The van der Waals surface area contributed by atoms with Crippen LogP contribution in [0.2, 0.25) is 0 Å². The van der Waals surface area contributed by atoms with Gasteiger partial charge in [0.05, 0.1) is 30.5 Å². The molecule has 3 aromatic carbocycles. The molecule has 1 heterocycles. The smallest absolute Gasteiger partial charge is 0.319 e. The molecule has 4 rings (SSSR count). The molecule has 0 spiro atoms. The highest BCUT2D eigenvalue weighted by molar-refractivity contribution is 5.92. The molecule has 0 radical (unpaired) electrons. The molecular weight excluding hydrogens is 480 g/mol. The van der Waals surface area contributed by atoms with Crippen molar-refractivity contribution in [1.82, 2.24) is 14.9 Å². The largest absolute Gasteiger partial charge is 0.466 e. The zero-order valence-electron chi connectivity index (χ0n) is 21.7. The van der Waals surface area contributed by atoms with Crippen molar-refractivity contribution in [3.05, 3.63) is 94.5 Å². The van der Waals surface area contributed by atoms with Crippen molar-refractivity contribution in [3.8, 4) is 11.1 Å². The standard InChI is InChI=1S/C30H32N4O4/c1-3-8-27-33-26-16-15-24(32-30(37)31-18-17-28(35)38-4-2)19-25(26)29(36)34(27)20-21-11-13-23(14-12-21)22-9-6-5-7-10-22/h5-7,9-16,19H,3-4,8,17-18,20H2,1-2H3,(H2,31,32,37). The summed E-state index contributed by atoms with van der Waals surface area (Å²) in [6.07, 6.45) is 1.62. The summed E-state index contributed by atoms with van der Waals surface area (Å²) < 4.78 is 6.57. The third-order valence-corrected chi connectivity index (χ3v) is 6.09. The van der Waals surface area contributed by atoms with E-state index in [9.17, 15) is 14.4 Å². The van der Waals surface area contributed by atoms with Gasteiger partial charge in [0.25, 0.3) is 5.56 Å². The molecule has 0 saturated carbocycles. The summed E-state index contributed by atoms with van der Waals surface area (Å²) >= 11 is 0. The normalized spacial score (nSPS) is 10.8. The number of amides is 2. The predicted molar refractivity (Wildman–Crippen MR) is 149 cm³/mol. The highest BCUT2D eigenvalue weighted by Crippen LogP contribution is 2.21. The Morgan fingerprint density at radius 2 is 1.68 bits per heavy atom. The summed E-state index contributed by atoms with van der Waals surface area (Å²) in [6, 6.07) is 23.0. The number of nitrogens with one attached hydrogen (secondary N) is 2. The van der Waals surface area contributed by atoms with Crippen molar-refractivity contribution >= 4 is 28.6 Å². The molecule has 0 fully saturated rings. The fraction of sp³-hybridized carbons (Fsp3) is 0.267. The Morgan fingerprint density at radius 1 is 0.947 bits per heavy atom. The first-order valence-corrected chi connectivity index (χ1v) is 12.9. The fourth-order valence-electron chi connectivity index (χ4n) is 4.22. The summed E-state index contributed by atoms with van der Waals surface area (Å²) in [5.74, 6) is 0.359. The van der Waals surface area contributed by atoms with E-state index in [-0.39, 0.29) is 24.5 Å². The van der Waals surface area contributed by atoms with Crippen molar-refractivity contribution in [2.75, 3.05) is 18.5 Å². The lowest BCUT2D eigenvalue weighted by atomic mass is 10.0. The summed E-state index contributed by atoms with van der Waals surface area (Å²) in [5.41, 5.74) is 4.15. The van der Waals surface area contributed by atoms with Gasteiger partial charge in [0.15, 0.2) is 0 Å². The van der Waals surface area contributed by atoms with Crippen LogP contribution in [-0.2, 0) is 22.5 Å². The van der Waals surface area contributed by atoms with Gasteiger partial charge in [-0.15, -0.1) is 0 Å². The molecule has 8 nitrogen and oxygen atoms in total. The molecule has 0 aliphatic heterocycles. The summed E-state index contributed by atoms with van der Waals surface area (Å²) in [7, 11) is 0. The van der Waals surface area contributed by atoms with Gasteiger partial charge in [0.1, 0.15) is 5.82 Å². The molecule has 0 bridgehead atoms. The van der Waals surface area contributed by atoms with Crippen molar-refractivity contribution in [3.63, 3.8) is 0 Å². The summed E-state index contributed by atoms with van der Waals surface area (Å²) in [6.45, 7) is 4.64. The minimum Gasteiger partial charge on any atom is -0.466 e. The van der Waals surface area contributed by atoms with E-state index in [4.69, 9.17) is 9.72 Å². The van der Waals surface area contributed by atoms with Crippen LogP contribution in [0.5, 0.6) is 0 Å². The fourth-order valence-corrected chi connectivity index (χ4v) is 4.22. The number of hydrogen-bond acceptors (Lipinski definition) is 5. The van der Waals surface area contributed by atoms with Gasteiger partial charge >= 0.3 is 12.0 Å². The van der Waals surface area contributed by atoms with Crippen LogP contribution in [0, 0.1) is 0 Å². The molecule has 8 heteroatoms. The Labute approximate surface area is 221 Å². The van der Waals surface area contributed by atoms with Gasteiger partial charge < -0.3 is 15.4 Å². The number of aromatic nitrogens is 2. The van der Waals surface area contributed by atoms with Gasteiger partial charge in [0, 0.05) is 18.7 Å². The Balaban J connectivity index is 1.55. The lowest BCUT2D eigenvalue weighted by molar-refractivity contribution is -0.142. The zero-order chi connectivity index (χ0) is 26.9. The maximum absolute atomic E-state index is 13.6. The van der Waals surface area contributed by atoms with Crippen molar-refractivity contribution in [1.29, 1.82) is 0 Å². The van der Waals surface area contributed by atoms with Gasteiger partial charge in [0.2, 0.25) is 0 Å². The Morgan fingerprint density at radius 3 is 2.39 bits per heavy atom. The second-order valence-corrected chi connectivity index (χ2v) is 8.90. The third kappa shape index (κ3) is 6.64. The number of rotatable bonds is 10. The molecule has 4 aromatic rings. The van der Waals surface area contributed by atoms with E-state index in [1.807, 2.05) is 30.3 Å². The predicted octanol–water partition coefficient (Wildman–Crippen LogP) is 5.14. The molecule has 2 N–H and O–H groups in total. The number of fused-ring (bicyclic) bond motifs is 1. The zero-order valence-corrected chi connectivity index (χ0v) is 21.7. The van der Waals surface area contributed by atoms with Crippen molar-refractivity contribution in [2.45, 2.75) is 39.7 Å². The first-order valence-electron chi connectivity index (χ1n) is 12.9. The lowest BCUT2D eigenvalue weighted by Gasteiger charge is -2.14. The van der Waals surface area contributed by atoms with Gasteiger partial charge in [-0.05, 0) is 48.2 Å². The van der Waals surface area contributed by atoms with Crippen LogP contribution in [0.15, 0.2) is 77.6 Å². The highest BCUT2D eigenvalue weighted by Gasteiger charge is 2.13.